The third-order valence-electron chi connectivity index (χ3n) is 6.47. The topological polar surface area (TPSA) is 52.6 Å². The largest absolute Gasteiger partial charge is 0.330 e. The number of carbonyl (C=O) groups excluding carboxylic acids is 2. The molecule has 0 saturated heterocycles. The van der Waals surface area contributed by atoms with Crippen LogP contribution in [0.1, 0.15) is 49.6 Å². The highest BCUT2D eigenvalue weighted by molar-refractivity contribution is 7.18. The van der Waals surface area contributed by atoms with E-state index in [1.807, 2.05) is 23.1 Å². The zero-order valence-electron chi connectivity index (χ0n) is 18.7. The summed E-state index contributed by atoms with van der Waals surface area (Å²) in [5.74, 6) is -0.213. The Labute approximate surface area is 203 Å². The summed E-state index contributed by atoms with van der Waals surface area (Å²) >= 11 is 7.21. The fourth-order valence-corrected chi connectivity index (χ4v) is 5.71. The highest BCUT2D eigenvalue weighted by Crippen LogP contribution is 2.48. The lowest BCUT2D eigenvalue weighted by Gasteiger charge is -2.22. The molecule has 7 heteroatoms. The summed E-state index contributed by atoms with van der Waals surface area (Å²) in [4.78, 5) is 30.4. The molecular weight excluding hydrogens is 454 g/mol. The van der Waals surface area contributed by atoms with Gasteiger partial charge in [-0.25, -0.2) is 0 Å². The van der Waals surface area contributed by atoms with Crippen molar-refractivity contribution < 1.29 is 9.59 Å². The van der Waals surface area contributed by atoms with Crippen LogP contribution >= 0.6 is 22.9 Å². The van der Waals surface area contributed by atoms with Crippen molar-refractivity contribution in [2.45, 2.75) is 31.3 Å². The van der Waals surface area contributed by atoms with E-state index in [2.05, 4.69) is 48.6 Å². The predicted octanol–water partition coefficient (Wildman–Crippen LogP) is 5.40. The third kappa shape index (κ3) is 4.43. The fourth-order valence-electron chi connectivity index (χ4n) is 4.77. The molecule has 0 atom stereocenters. The maximum atomic E-state index is 13.1. The van der Waals surface area contributed by atoms with Crippen LogP contribution in [0, 0.1) is 0 Å². The van der Waals surface area contributed by atoms with E-state index in [0.717, 1.165) is 17.7 Å². The normalized spacial score (nSPS) is 16.2. The van der Waals surface area contributed by atoms with Crippen LogP contribution in [0.5, 0.6) is 0 Å². The summed E-state index contributed by atoms with van der Waals surface area (Å²) in [5.41, 5.74) is 4.94. The molecule has 2 aliphatic rings. The first-order valence-electron chi connectivity index (χ1n) is 11.1. The Morgan fingerprint density at radius 2 is 1.94 bits per heavy atom. The summed E-state index contributed by atoms with van der Waals surface area (Å²) in [7, 11) is 4.24. The van der Waals surface area contributed by atoms with Crippen molar-refractivity contribution in [1.82, 2.24) is 9.80 Å². The average molecular weight is 480 g/mol. The first kappa shape index (κ1) is 22.1. The Kier molecular flexibility index (Phi) is 5.77. The molecule has 0 unspecified atom stereocenters. The molecular formula is C26H26ClN3O2S. The van der Waals surface area contributed by atoms with Crippen molar-refractivity contribution in [2.24, 2.45) is 0 Å². The number of rotatable bonds is 7. The first-order chi connectivity index (χ1) is 15.8. The standard InChI is InChI=1S/C26H26ClN3O2S/c1-29(2)16-26(11-12-26)18-6-3-5-17(13-18)14-30-15-20-19(25(30)32)7-4-8-21(20)28-24(31)22-9-10-23(27)33-22/h3-10,13H,11-12,14-16H2,1-2H3,(H,28,31). The highest BCUT2D eigenvalue weighted by atomic mass is 35.5. The monoisotopic (exact) mass is 479 g/mol. The minimum atomic E-state index is -0.213. The van der Waals surface area contributed by atoms with Crippen molar-refractivity contribution in [3.8, 4) is 0 Å². The predicted molar refractivity (Wildman–Crippen MR) is 133 cm³/mol. The molecule has 1 aromatic heterocycles. The Hall–Kier alpha value is -2.67. The van der Waals surface area contributed by atoms with E-state index >= 15 is 0 Å². The van der Waals surface area contributed by atoms with Crippen LogP contribution in [-0.4, -0.2) is 42.3 Å². The molecule has 3 aromatic rings. The van der Waals surface area contributed by atoms with Crippen LogP contribution in [0.15, 0.2) is 54.6 Å². The van der Waals surface area contributed by atoms with Gasteiger partial charge in [-0.3, -0.25) is 9.59 Å². The number of halogens is 1. The summed E-state index contributed by atoms with van der Waals surface area (Å²) in [6.45, 7) is 2.07. The molecule has 0 spiro atoms. The molecule has 2 heterocycles. The Bertz CT molecular complexity index is 1230. The van der Waals surface area contributed by atoms with E-state index in [1.54, 1.807) is 12.1 Å². The number of carbonyl (C=O) groups is 2. The lowest BCUT2D eigenvalue weighted by atomic mass is 9.94. The molecule has 1 N–H and O–H groups in total. The van der Waals surface area contributed by atoms with Gasteiger partial charge in [-0.2, -0.15) is 0 Å². The number of hydrogen-bond acceptors (Lipinski definition) is 4. The van der Waals surface area contributed by atoms with Crippen LogP contribution < -0.4 is 5.32 Å². The maximum Gasteiger partial charge on any atom is 0.265 e. The van der Waals surface area contributed by atoms with Gasteiger partial charge in [-0.15, -0.1) is 11.3 Å². The molecule has 1 saturated carbocycles. The van der Waals surface area contributed by atoms with E-state index in [1.165, 1.54) is 29.7 Å². The van der Waals surface area contributed by atoms with Crippen LogP contribution in [0.4, 0.5) is 5.69 Å². The van der Waals surface area contributed by atoms with Gasteiger partial charge >= 0.3 is 0 Å². The van der Waals surface area contributed by atoms with Gasteiger partial charge in [0.15, 0.2) is 0 Å². The van der Waals surface area contributed by atoms with Crippen molar-refractivity contribution in [1.29, 1.82) is 0 Å². The van der Waals surface area contributed by atoms with Crippen molar-refractivity contribution in [2.75, 3.05) is 26.0 Å². The van der Waals surface area contributed by atoms with E-state index in [4.69, 9.17) is 11.6 Å². The van der Waals surface area contributed by atoms with Gasteiger partial charge in [0.25, 0.3) is 11.8 Å². The number of likely N-dealkylation sites (N-methyl/N-ethyl adjacent to an activating group) is 1. The van der Waals surface area contributed by atoms with Crippen LogP contribution in [-0.2, 0) is 18.5 Å². The van der Waals surface area contributed by atoms with E-state index < -0.39 is 0 Å². The number of thiophene rings is 1. The summed E-state index contributed by atoms with van der Waals surface area (Å²) in [5, 5.41) is 2.96. The number of hydrogen-bond donors (Lipinski definition) is 1. The van der Waals surface area contributed by atoms with Crippen molar-refractivity contribution >= 4 is 40.4 Å². The van der Waals surface area contributed by atoms with Gasteiger partial charge in [0.2, 0.25) is 0 Å². The fraction of sp³-hybridized carbons (Fsp3) is 0.308. The summed E-state index contributed by atoms with van der Waals surface area (Å²) in [6, 6.07) is 17.6. The zero-order chi connectivity index (χ0) is 23.2. The molecule has 1 fully saturated rings. The number of fused-ring (bicyclic) bond motifs is 1. The highest BCUT2D eigenvalue weighted by Gasteiger charge is 2.44. The quantitative estimate of drug-likeness (QED) is 0.493. The van der Waals surface area contributed by atoms with Gasteiger partial charge in [0, 0.05) is 41.9 Å². The molecule has 5 rings (SSSR count). The Balaban J connectivity index is 1.33. The van der Waals surface area contributed by atoms with Gasteiger partial charge in [0.05, 0.1) is 9.21 Å². The Morgan fingerprint density at radius 3 is 2.64 bits per heavy atom. The summed E-state index contributed by atoms with van der Waals surface area (Å²) < 4.78 is 0.570. The number of nitrogens with zero attached hydrogens (tertiary/aromatic N) is 2. The van der Waals surface area contributed by atoms with Gasteiger partial charge in [0.1, 0.15) is 0 Å². The summed E-state index contributed by atoms with van der Waals surface area (Å²) in [6.07, 6.45) is 2.42. The minimum absolute atomic E-state index is 0.0000897. The smallest absolute Gasteiger partial charge is 0.265 e. The lowest BCUT2D eigenvalue weighted by molar-refractivity contribution is 0.0766. The van der Waals surface area contributed by atoms with E-state index in [9.17, 15) is 9.59 Å². The second kappa shape index (κ2) is 8.60. The van der Waals surface area contributed by atoms with Crippen LogP contribution in [0.25, 0.3) is 0 Å². The SMILES string of the molecule is CN(C)CC1(c2cccc(CN3Cc4c(NC(=O)c5ccc(Cl)s5)cccc4C3=O)c2)CC1. The van der Waals surface area contributed by atoms with E-state index in [-0.39, 0.29) is 17.2 Å². The zero-order valence-corrected chi connectivity index (χ0v) is 20.3. The van der Waals surface area contributed by atoms with Crippen LogP contribution in [0.3, 0.4) is 0 Å². The second-order valence-electron chi connectivity index (χ2n) is 9.27. The number of nitrogens with one attached hydrogen (secondary N) is 1. The van der Waals surface area contributed by atoms with Gasteiger partial charge in [-0.05, 0) is 62.3 Å². The first-order valence-corrected chi connectivity index (χ1v) is 12.3. The average Bonchev–Trinajstić information content (AvgIpc) is 3.31. The van der Waals surface area contributed by atoms with Gasteiger partial charge < -0.3 is 15.1 Å². The molecule has 0 bridgehead atoms. The number of benzene rings is 2. The third-order valence-corrected chi connectivity index (χ3v) is 7.70. The molecule has 1 aliphatic heterocycles. The minimum Gasteiger partial charge on any atom is -0.330 e. The number of anilines is 1. The van der Waals surface area contributed by atoms with E-state index in [0.29, 0.717) is 33.6 Å². The Morgan fingerprint density at radius 1 is 1.15 bits per heavy atom. The molecule has 170 valence electrons. The molecule has 2 amide bonds. The number of amides is 2. The van der Waals surface area contributed by atoms with Gasteiger partial charge in [-0.1, -0.05) is 41.9 Å². The second-order valence-corrected chi connectivity index (χ2v) is 11.0. The molecule has 0 radical (unpaired) electrons. The van der Waals surface area contributed by atoms with Crippen molar-refractivity contribution in [3.05, 3.63) is 86.1 Å². The molecule has 1 aliphatic carbocycles. The van der Waals surface area contributed by atoms with Crippen LogP contribution in [0.2, 0.25) is 4.34 Å². The molecule has 2 aromatic carbocycles. The maximum absolute atomic E-state index is 13.1. The van der Waals surface area contributed by atoms with Crippen molar-refractivity contribution in [3.63, 3.8) is 0 Å². The molecule has 33 heavy (non-hydrogen) atoms. The molecule has 5 nitrogen and oxygen atoms in total. The lowest BCUT2D eigenvalue weighted by Crippen LogP contribution is -2.26.